The van der Waals surface area contributed by atoms with Gasteiger partial charge in [0.1, 0.15) is 0 Å². The highest BCUT2D eigenvalue weighted by Crippen LogP contribution is 2.37. The van der Waals surface area contributed by atoms with Crippen molar-refractivity contribution in [1.29, 1.82) is 0 Å². The van der Waals surface area contributed by atoms with E-state index in [4.69, 9.17) is 5.73 Å². The van der Waals surface area contributed by atoms with Gasteiger partial charge < -0.3 is 11.1 Å². The third kappa shape index (κ3) is 3.25. The molecule has 2 unspecified atom stereocenters. The second-order valence-electron chi connectivity index (χ2n) is 5.11. The molecule has 1 amide bonds. The highest BCUT2D eigenvalue weighted by Gasteiger charge is 2.34. The van der Waals surface area contributed by atoms with Gasteiger partial charge in [-0.25, -0.2) is 0 Å². The van der Waals surface area contributed by atoms with Crippen LogP contribution in [0.15, 0.2) is 29.2 Å². The average Bonchev–Trinajstić information content (AvgIpc) is 3.13. The van der Waals surface area contributed by atoms with Crippen LogP contribution in [-0.2, 0) is 11.2 Å². The zero-order chi connectivity index (χ0) is 12.5. The summed E-state index contributed by atoms with van der Waals surface area (Å²) in [4.78, 5) is 13.5. The Balaban J connectivity index is 0.00000133. The van der Waals surface area contributed by atoms with Crippen LogP contribution in [0, 0.1) is 5.92 Å². The van der Waals surface area contributed by atoms with Crippen molar-refractivity contribution in [2.75, 3.05) is 6.54 Å². The van der Waals surface area contributed by atoms with E-state index in [1.807, 2.05) is 12.1 Å². The lowest BCUT2D eigenvalue weighted by Gasteiger charge is -2.18. The smallest absolute Gasteiger partial charge is 0.234 e. The fourth-order valence-electron chi connectivity index (χ4n) is 2.47. The maximum Gasteiger partial charge on any atom is 0.234 e. The first-order valence-corrected chi connectivity index (χ1v) is 7.41. The first-order valence-electron chi connectivity index (χ1n) is 6.53. The normalized spacial score (nSPS) is 22.3. The van der Waals surface area contributed by atoms with Crippen molar-refractivity contribution in [3.05, 3.63) is 29.8 Å². The lowest BCUT2D eigenvalue weighted by Crippen LogP contribution is -2.45. The molecule has 0 bridgehead atoms. The summed E-state index contributed by atoms with van der Waals surface area (Å²) in [5, 5.41) is 3.14. The molecule has 0 radical (unpaired) electrons. The molecule has 1 aromatic rings. The topological polar surface area (TPSA) is 55.1 Å². The van der Waals surface area contributed by atoms with Crippen molar-refractivity contribution < 1.29 is 4.79 Å². The monoisotopic (exact) mass is 298 g/mol. The second kappa shape index (κ2) is 6.16. The van der Waals surface area contributed by atoms with E-state index in [1.165, 1.54) is 23.3 Å². The Bertz CT molecular complexity index is 440. The summed E-state index contributed by atoms with van der Waals surface area (Å²) in [5.74, 6) is 0.770. The lowest BCUT2D eigenvalue weighted by molar-refractivity contribution is -0.121. The summed E-state index contributed by atoms with van der Waals surface area (Å²) in [5.41, 5.74) is 7.01. The van der Waals surface area contributed by atoms with Crippen LogP contribution in [0.1, 0.15) is 18.4 Å². The van der Waals surface area contributed by atoms with Crippen molar-refractivity contribution in [2.45, 2.75) is 35.4 Å². The molecule has 1 aliphatic carbocycles. The first kappa shape index (κ1) is 14.7. The molecule has 0 aromatic heterocycles. The van der Waals surface area contributed by atoms with Gasteiger partial charge in [-0.3, -0.25) is 4.79 Å². The Labute approximate surface area is 124 Å². The minimum absolute atomic E-state index is 0. The van der Waals surface area contributed by atoms with E-state index < -0.39 is 0 Å². The number of thioether (sulfide) groups is 1. The van der Waals surface area contributed by atoms with E-state index in [9.17, 15) is 4.79 Å². The predicted molar refractivity (Wildman–Crippen MR) is 80.7 cm³/mol. The Morgan fingerprint density at radius 3 is 2.79 bits per heavy atom. The Morgan fingerprint density at radius 2 is 2.16 bits per heavy atom. The molecule has 1 fully saturated rings. The molecule has 2 atom stereocenters. The summed E-state index contributed by atoms with van der Waals surface area (Å²) in [6.07, 6.45) is 3.26. The van der Waals surface area contributed by atoms with E-state index in [0.717, 1.165) is 6.42 Å². The van der Waals surface area contributed by atoms with E-state index in [-0.39, 0.29) is 29.6 Å². The number of hydrogen-bond donors (Lipinski definition) is 2. The third-order valence-electron chi connectivity index (χ3n) is 3.71. The van der Waals surface area contributed by atoms with Crippen molar-refractivity contribution in [1.82, 2.24) is 5.32 Å². The van der Waals surface area contributed by atoms with E-state index in [1.54, 1.807) is 11.8 Å². The largest absolute Gasteiger partial charge is 0.351 e. The van der Waals surface area contributed by atoms with Crippen molar-refractivity contribution in [3.63, 3.8) is 0 Å². The maximum atomic E-state index is 12.2. The van der Waals surface area contributed by atoms with Gasteiger partial charge in [0.05, 0.1) is 5.25 Å². The lowest BCUT2D eigenvalue weighted by atomic mass is 10.1. The van der Waals surface area contributed by atoms with E-state index in [2.05, 4.69) is 17.4 Å². The zero-order valence-corrected chi connectivity index (χ0v) is 12.3. The molecule has 3 N–H and O–H groups in total. The molecule has 0 spiro atoms. The third-order valence-corrected chi connectivity index (χ3v) is 5.03. The number of nitrogens with one attached hydrogen (secondary N) is 1. The van der Waals surface area contributed by atoms with Gasteiger partial charge in [-0.1, -0.05) is 18.2 Å². The summed E-state index contributed by atoms with van der Waals surface area (Å²) in [7, 11) is 0. The molecule has 5 heteroatoms. The van der Waals surface area contributed by atoms with Gasteiger partial charge in [-0.2, -0.15) is 0 Å². The molecule has 1 saturated carbocycles. The van der Waals surface area contributed by atoms with Crippen LogP contribution in [0.5, 0.6) is 0 Å². The summed E-state index contributed by atoms with van der Waals surface area (Å²) >= 11 is 1.68. The van der Waals surface area contributed by atoms with Crippen LogP contribution in [0.3, 0.4) is 0 Å². The van der Waals surface area contributed by atoms with Gasteiger partial charge >= 0.3 is 0 Å². The molecule has 0 saturated heterocycles. The number of hydrogen-bond acceptors (Lipinski definition) is 3. The summed E-state index contributed by atoms with van der Waals surface area (Å²) in [6, 6.07) is 8.44. The summed E-state index contributed by atoms with van der Waals surface area (Å²) in [6.45, 7) is 0.556. The van der Waals surface area contributed by atoms with E-state index >= 15 is 0 Å². The molecule has 1 aromatic carbocycles. The van der Waals surface area contributed by atoms with Crippen LogP contribution >= 0.6 is 24.2 Å². The molecule has 19 heavy (non-hydrogen) atoms. The number of benzene rings is 1. The Morgan fingerprint density at radius 1 is 1.42 bits per heavy atom. The number of carbonyl (C=O) groups excluding carboxylic acids is 1. The highest BCUT2D eigenvalue weighted by atomic mass is 35.5. The molecule has 3 nitrogen and oxygen atoms in total. The molecular formula is C14H19ClN2OS. The SMILES string of the molecule is Cl.NCC(NC(=O)C1Cc2ccccc2S1)C1CC1. The predicted octanol–water partition coefficient (Wildman–Crippen LogP) is 1.98. The fourth-order valence-corrected chi connectivity index (χ4v) is 3.68. The molecular weight excluding hydrogens is 280 g/mol. The number of amides is 1. The first-order chi connectivity index (χ1) is 8.78. The standard InChI is InChI=1S/C14H18N2OS.ClH/c15-8-11(9-5-6-9)16-14(17)13-7-10-3-1-2-4-12(10)18-13;/h1-4,9,11,13H,5-8,15H2,(H,16,17);1H. The number of rotatable bonds is 4. The highest BCUT2D eigenvalue weighted by molar-refractivity contribution is 8.01. The van der Waals surface area contributed by atoms with Crippen molar-refractivity contribution >= 4 is 30.1 Å². The zero-order valence-electron chi connectivity index (χ0n) is 10.7. The van der Waals surface area contributed by atoms with Crippen molar-refractivity contribution in [3.8, 4) is 0 Å². The van der Waals surface area contributed by atoms with Gasteiger partial charge in [0.2, 0.25) is 5.91 Å². The maximum absolute atomic E-state index is 12.2. The van der Waals surface area contributed by atoms with Gasteiger partial charge in [0, 0.05) is 17.5 Å². The number of nitrogens with two attached hydrogens (primary N) is 1. The van der Waals surface area contributed by atoms with Crippen LogP contribution < -0.4 is 11.1 Å². The number of fused-ring (bicyclic) bond motifs is 1. The minimum atomic E-state index is 0. The fraction of sp³-hybridized carbons (Fsp3) is 0.500. The minimum Gasteiger partial charge on any atom is -0.351 e. The van der Waals surface area contributed by atoms with Crippen LogP contribution in [0.25, 0.3) is 0 Å². The van der Waals surface area contributed by atoms with Gasteiger partial charge in [0.25, 0.3) is 0 Å². The molecule has 1 heterocycles. The average molecular weight is 299 g/mol. The van der Waals surface area contributed by atoms with Crippen molar-refractivity contribution in [2.24, 2.45) is 11.7 Å². The van der Waals surface area contributed by atoms with Gasteiger partial charge in [0.15, 0.2) is 0 Å². The summed E-state index contributed by atoms with van der Waals surface area (Å²) < 4.78 is 0. The molecule has 3 rings (SSSR count). The molecule has 104 valence electrons. The molecule has 2 aliphatic rings. The number of halogens is 1. The van der Waals surface area contributed by atoms with E-state index in [0.29, 0.717) is 12.5 Å². The Kier molecular flexibility index (Phi) is 4.76. The Hall–Kier alpha value is -0.710. The van der Waals surface area contributed by atoms with Crippen LogP contribution in [0.4, 0.5) is 0 Å². The van der Waals surface area contributed by atoms with Crippen LogP contribution in [0.2, 0.25) is 0 Å². The van der Waals surface area contributed by atoms with Gasteiger partial charge in [-0.05, 0) is 36.8 Å². The quantitative estimate of drug-likeness (QED) is 0.894. The van der Waals surface area contributed by atoms with Gasteiger partial charge in [-0.15, -0.1) is 24.2 Å². The van der Waals surface area contributed by atoms with Crippen LogP contribution in [-0.4, -0.2) is 23.7 Å². The molecule has 1 aliphatic heterocycles. The second-order valence-corrected chi connectivity index (χ2v) is 6.35. The number of carbonyl (C=O) groups is 1.